The number of aromatic amines is 1. The van der Waals surface area contributed by atoms with Crippen molar-refractivity contribution in [1.82, 2.24) is 19.8 Å². The number of likely N-dealkylation sites (N-methyl/N-ethyl adjacent to an activating group) is 1. The normalized spacial score (nSPS) is 15.9. The van der Waals surface area contributed by atoms with Gasteiger partial charge in [0, 0.05) is 19.3 Å². The standard InChI is InChI=1S/C21H30N4O2/c1-24(2)12-13-25(15-18-14-22-16-23-18)20(26)21(10-4-5-11-21)17-6-8-19(27-3)9-7-17/h6-9,14,16H,4-5,10-13,15H2,1-3H3,(H,22,23). The molecule has 27 heavy (non-hydrogen) atoms. The van der Waals surface area contributed by atoms with Crippen molar-refractivity contribution in [3.63, 3.8) is 0 Å². The first-order chi connectivity index (χ1) is 13.0. The van der Waals surface area contributed by atoms with Gasteiger partial charge in [-0.25, -0.2) is 4.98 Å². The third kappa shape index (κ3) is 4.33. The molecule has 6 heteroatoms. The second-order valence-electron chi connectivity index (χ2n) is 7.62. The first-order valence-corrected chi connectivity index (χ1v) is 9.61. The summed E-state index contributed by atoms with van der Waals surface area (Å²) in [7, 11) is 5.74. The second-order valence-corrected chi connectivity index (χ2v) is 7.62. The molecule has 1 aromatic heterocycles. The van der Waals surface area contributed by atoms with Crippen molar-refractivity contribution in [1.29, 1.82) is 0 Å². The smallest absolute Gasteiger partial charge is 0.233 e. The van der Waals surface area contributed by atoms with E-state index >= 15 is 0 Å². The van der Waals surface area contributed by atoms with E-state index in [0.717, 1.165) is 49.2 Å². The molecule has 3 rings (SSSR count). The van der Waals surface area contributed by atoms with Crippen LogP contribution in [0.4, 0.5) is 0 Å². The number of hydrogen-bond donors (Lipinski definition) is 1. The molecular formula is C21H30N4O2. The number of nitrogens with one attached hydrogen (secondary N) is 1. The van der Waals surface area contributed by atoms with Crippen molar-refractivity contribution >= 4 is 5.91 Å². The van der Waals surface area contributed by atoms with E-state index in [4.69, 9.17) is 4.74 Å². The van der Waals surface area contributed by atoms with Gasteiger partial charge in [0.25, 0.3) is 0 Å². The summed E-state index contributed by atoms with van der Waals surface area (Å²) in [4.78, 5) is 25.1. The van der Waals surface area contributed by atoms with Crippen molar-refractivity contribution in [2.45, 2.75) is 37.6 Å². The monoisotopic (exact) mass is 370 g/mol. The van der Waals surface area contributed by atoms with Gasteiger partial charge in [-0.05, 0) is 44.6 Å². The van der Waals surface area contributed by atoms with Gasteiger partial charge in [-0.1, -0.05) is 25.0 Å². The van der Waals surface area contributed by atoms with Crippen LogP contribution < -0.4 is 4.74 Å². The van der Waals surface area contributed by atoms with Crippen molar-refractivity contribution in [2.75, 3.05) is 34.3 Å². The van der Waals surface area contributed by atoms with E-state index in [9.17, 15) is 4.79 Å². The van der Waals surface area contributed by atoms with Crippen LogP contribution in [-0.4, -0.2) is 60.0 Å². The van der Waals surface area contributed by atoms with E-state index < -0.39 is 5.41 Å². The number of rotatable bonds is 8. The summed E-state index contributed by atoms with van der Waals surface area (Å²) in [5.41, 5.74) is 1.63. The van der Waals surface area contributed by atoms with Crippen LogP contribution in [0.15, 0.2) is 36.8 Å². The van der Waals surface area contributed by atoms with Gasteiger partial charge >= 0.3 is 0 Å². The van der Waals surface area contributed by atoms with Crippen LogP contribution in [0.25, 0.3) is 0 Å². The Kier molecular flexibility index (Phi) is 6.16. The zero-order valence-electron chi connectivity index (χ0n) is 16.6. The maximum absolute atomic E-state index is 13.8. The minimum atomic E-state index is -0.432. The molecule has 0 aliphatic heterocycles. The molecule has 1 heterocycles. The Morgan fingerprint density at radius 1 is 1.19 bits per heavy atom. The molecule has 1 aliphatic rings. The van der Waals surface area contributed by atoms with E-state index in [-0.39, 0.29) is 5.91 Å². The average molecular weight is 370 g/mol. The van der Waals surface area contributed by atoms with Crippen molar-refractivity contribution in [3.8, 4) is 5.75 Å². The summed E-state index contributed by atoms with van der Waals surface area (Å²) in [6, 6.07) is 8.04. The number of aromatic nitrogens is 2. The third-order valence-electron chi connectivity index (χ3n) is 5.53. The molecule has 6 nitrogen and oxygen atoms in total. The molecule has 0 saturated heterocycles. The highest BCUT2D eigenvalue weighted by atomic mass is 16.5. The SMILES string of the molecule is COc1ccc(C2(C(=O)N(CCN(C)C)Cc3cnc[nH]3)CCCC2)cc1. The molecule has 0 radical (unpaired) electrons. The number of methoxy groups -OCH3 is 1. The lowest BCUT2D eigenvalue weighted by Crippen LogP contribution is -2.47. The summed E-state index contributed by atoms with van der Waals surface area (Å²) in [5.74, 6) is 1.04. The van der Waals surface area contributed by atoms with E-state index in [1.807, 2.05) is 31.1 Å². The lowest BCUT2D eigenvalue weighted by atomic mass is 9.77. The molecule has 1 fully saturated rings. The van der Waals surface area contributed by atoms with Crippen LogP contribution in [-0.2, 0) is 16.8 Å². The summed E-state index contributed by atoms with van der Waals surface area (Å²) < 4.78 is 5.30. The first-order valence-electron chi connectivity index (χ1n) is 9.61. The van der Waals surface area contributed by atoms with Crippen molar-refractivity contribution in [3.05, 3.63) is 48.0 Å². The van der Waals surface area contributed by atoms with E-state index in [0.29, 0.717) is 13.1 Å². The second kappa shape index (κ2) is 8.57. The highest BCUT2D eigenvalue weighted by molar-refractivity contribution is 5.88. The molecule has 1 aliphatic carbocycles. The Hall–Kier alpha value is -2.34. The Morgan fingerprint density at radius 2 is 1.89 bits per heavy atom. The van der Waals surface area contributed by atoms with Gasteiger partial charge in [-0.3, -0.25) is 4.79 Å². The molecule has 146 valence electrons. The lowest BCUT2D eigenvalue weighted by Gasteiger charge is -2.35. The largest absolute Gasteiger partial charge is 0.497 e. The number of carbonyl (C=O) groups excluding carboxylic acids is 1. The molecule has 1 amide bonds. The highest BCUT2D eigenvalue weighted by Gasteiger charge is 2.44. The number of H-pyrrole nitrogens is 1. The van der Waals surface area contributed by atoms with Gasteiger partial charge in [0.1, 0.15) is 5.75 Å². The summed E-state index contributed by atoms with van der Waals surface area (Å²) >= 11 is 0. The van der Waals surface area contributed by atoms with Crippen molar-refractivity contribution in [2.24, 2.45) is 0 Å². The van der Waals surface area contributed by atoms with Crippen molar-refractivity contribution < 1.29 is 9.53 Å². The Bertz CT molecular complexity index is 719. The average Bonchev–Trinajstić information content (AvgIpc) is 3.37. The van der Waals surface area contributed by atoms with Gasteiger partial charge < -0.3 is 19.5 Å². The number of benzene rings is 1. The topological polar surface area (TPSA) is 61.5 Å². The van der Waals surface area contributed by atoms with Gasteiger partial charge in [-0.2, -0.15) is 0 Å². The van der Waals surface area contributed by atoms with Gasteiger partial charge in [0.15, 0.2) is 0 Å². The maximum atomic E-state index is 13.8. The number of carbonyl (C=O) groups is 1. The minimum absolute atomic E-state index is 0.224. The molecule has 0 bridgehead atoms. The number of ether oxygens (including phenoxy) is 1. The highest BCUT2D eigenvalue weighted by Crippen LogP contribution is 2.43. The lowest BCUT2D eigenvalue weighted by molar-refractivity contribution is -0.138. The fourth-order valence-corrected chi connectivity index (χ4v) is 3.97. The van der Waals surface area contributed by atoms with Crippen LogP contribution in [0.3, 0.4) is 0 Å². The minimum Gasteiger partial charge on any atom is -0.497 e. The molecular weight excluding hydrogens is 340 g/mol. The zero-order chi connectivity index (χ0) is 19.3. The molecule has 1 aromatic carbocycles. The molecule has 1 N–H and O–H groups in total. The predicted molar refractivity (Wildman–Crippen MR) is 106 cm³/mol. The van der Waals surface area contributed by atoms with E-state index in [2.05, 4.69) is 27.0 Å². The van der Waals surface area contributed by atoms with Crippen LogP contribution in [0.1, 0.15) is 36.9 Å². The van der Waals surface area contributed by atoms with Gasteiger partial charge in [0.05, 0.1) is 31.1 Å². The van der Waals surface area contributed by atoms with Crippen LogP contribution in [0.2, 0.25) is 0 Å². The van der Waals surface area contributed by atoms with E-state index in [1.54, 1.807) is 19.6 Å². The van der Waals surface area contributed by atoms with Crippen LogP contribution in [0, 0.1) is 0 Å². The zero-order valence-corrected chi connectivity index (χ0v) is 16.6. The first kappa shape index (κ1) is 19.4. The summed E-state index contributed by atoms with van der Waals surface area (Å²) in [6.45, 7) is 2.09. The fourth-order valence-electron chi connectivity index (χ4n) is 3.97. The van der Waals surface area contributed by atoms with Crippen LogP contribution >= 0.6 is 0 Å². The molecule has 0 unspecified atom stereocenters. The predicted octanol–water partition coefficient (Wildman–Crippen LogP) is 2.82. The number of amides is 1. The molecule has 2 aromatic rings. The van der Waals surface area contributed by atoms with E-state index in [1.165, 1.54) is 0 Å². The number of hydrogen-bond acceptors (Lipinski definition) is 4. The Balaban J connectivity index is 1.89. The maximum Gasteiger partial charge on any atom is 0.233 e. The Labute approximate surface area is 161 Å². The summed E-state index contributed by atoms with van der Waals surface area (Å²) in [6.07, 6.45) is 7.44. The summed E-state index contributed by atoms with van der Waals surface area (Å²) in [5, 5.41) is 0. The molecule has 0 atom stereocenters. The van der Waals surface area contributed by atoms with Crippen LogP contribution in [0.5, 0.6) is 5.75 Å². The molecule has 0 spiro atoms. The van der Waals surface area contributed by atoms with Gasteiger partial charge in [0.2, 0.25) is 5.91 Å². The fraction of sp³-hybridized carbons (Fsp3) is 0.524. The third-order valence-corrected chi connectivity index (χ3v) is 5.53. The van der Waals surface area contributed by atoms with Gasteiger partial charge in [-0.15, -0.1) is 0 Å². The number of nitrogens with zero attached hydrogens (tertiary/aromatic N) is 3. The quantitative estimate of drug-likeness (QED) is 0.776. The molecule has 1 saturated carbocycles. The Morgan fingerprint density at radius 3 is 2.44 bits per heavy atom. The number of imidazole rings is 1.